The van der Waals surface area contributed by atoms with Crippen molar-refractivity contribution in [3.05, 3.63) is 140 Å². The van der Waals surface area contributed by atoms with E-state index in [1.165, 1.54) is 33.2 Å². The summed E-state index contributed by atoms with van der Waals surface area (Å²) < 4.78 is 0. The molecule has 0 heterocycles. The molecule has 0 atom stereocenters. The Morgan fingerprint density at radius 2 is 1.09 bits per heavy atom. The van der Waals surface area contributed by atoms with Crippen LogP contribution < -0.4 is 4.90 Å². The van der Waals surface area contributed by atoms with Crippen LogP contribution in [-0.2, 0) is 0 Å². The number of benzene rings is 5. The summed E-state index contributed by atoms with van der Waals surface area (Å²) in [5.74, 6) is 0. The van der Waals surface area contributed by atoms with Gasteiger partial charge in [-0.15, -0.1) is 6.58 Å². The summed E-state index contributed by atoms with van der Waals surface area (Å²) in [6, 6.07) is 43.2. The molecule has 0 fully saturated rings. The molecule has 0 bridgehead atoms. The number of hydrogen-bond donors (Lipinski definition) is 0. The molecule has 0 aliphatic rings. The number of fused-ring (bicyclic) bond motifs is 1. The number of rotatable bonds is 4. The number of para-hydroxylation sites is 1. The summed E-state index contributed by atoms with van der Waals surface area (Å²) >= 11 is 0. The van der Waals surface area contributed by atoms with Gasteiger partial charge >= 0.3 is 0 Å². The van der Waals surface area contributed by atoms with E-state index in [9.17, 15) is 0 Å². The minimum Gasteiger partial charge on any atom is -0.310 e. The van der Waals surface area contributed by atoms with Crippen molar-refractivity contribution in [2.75, 3.05) is 4.90 Å². The third-order valence-corrected chi connectivity index (χ3v) is 5.53. The summed E-state index contributed by atoms with van der Waals surface area (Å²) in [7, 11) is 0. The Balaban J connectivity index is 0.000000821. The highest BCUT2D eigenvalue weighted by Gasteiger charge is 2.14. The number of aryl methyl sites for hydroxylation is 1. The predicted molar refractivity (Wildman–Crippen MR) is 145 cm³/mol. The van der Waals surface area contributed by atoms with E-state index < -0.39 is 0 Å². The van der Waals surface area contributed by atoms with Gasteiger partial charge in [-0.25, -0.2) is 0 Å². The van der Waals surface area contributed by atoms with Crippen LogP contribution in [0.15, 0.2) is 134 Å². The topological polar surface area (TPSA) is 3.24 Å². The maximum Gasteiger partial charge on any atom is 0.0540 e. The molecule has 0 saturated heterocycles. The van der Waals surface area contributed by atoms with Crippen LogP contribution in [0.2, 0.25) is 0 Å². The first kappa shape index (κ1) is 22.1. The number of hydrogen-bond acceptors (Lipinski definition) is 1. The lowest BCUT2D eigenvalue weighted by atomic mass is 10.0. The molecule has 0 N–H and O–H groups in total. The predicted octanol–water partition coefficient (Wildman–Crippen LogP) is 9.48. The van der Waals surface area contributed by atoms with Gasteiger partial charge in [-0.3, -0.25) is 0 Å². The Morgan fingerprint density at radius 3 is 1.76 bits per heavy atom. The SMILES string of the molecule is C=CC.Cc1ccc(-c2ccc(N(c3ccccc3)c3cccc4ccccc34)cc2)cc1. The molecule has 1 heteroatoms. The van der Waals surface area contributed by atoms with Gasteiger partial charge in [0, 0.05) is 16.8 Å². The standard InChI is InChI=1S/C29H23N.C3H6/c1-22-14-16-23(17-15-22)24-18-20-27(21-19-24)30(26-10-3-2-4-11-26)29-13-7-9-25-8-5-6-12-28(25)29;1-3-2/h2-21H,1H3;3H,1H2,2H3. The van der Waals surface area contributed by atoms with Gasteiger partial charge in [0.05, 0.1) is 5.69 Å². The summed E-state index contributed by atoms with van der Waals surface area (Å²) in [5.41, 5.74) is 7.22. The zero-order chi connectivity index (χ0) is 23.0. The van der Waals surface area contributed by atoms with Crippen molar-refractivity contribution in [2.24, 2.45) is 0 Å². The molecule has 0 amide bonds. The fourth-order valence-corrected chi connectivity index (χ4v) is 3.96. The van der Waals surface area contributed by atoms with Gasteiger partial charge in [-0.1, -0.05) is 103 Å². The highest BCUT2D eigenvalue weighted by molar-refractivity contribution is 5.98. The molecular formula is C32H29N. The van der Waals surface area contributed by atoms with Gasteiger partial charge in [0.1, 0.15) is 0 Å². The Bertz CT molecular complexity index is 1310. The van der Waals surface area contributed by atoms with Gasteiger partial charge < -0.3 is 4.90 Å². The lowest BCUT2D eigenvalue weighted by Gasteiger charge is -2.27. The van der Waals surface area contributed by atoms with E-state index >= 15 is 0 Å². The van der Waals surface area contributed by atoms with Crippen LogP contribution in [0.1, 0.15) is 12.5 Å². The minimum atomic E-state index is 1.15. The average molecular weight is 428 g/mol. The first-order valence-electron chi connectivity index (χ1n) is 11.3. The summed E-state index contributed by atoms with van der Waals surface area (Å²) in [4.78, 5) is 2.33. The van der Waals surface area contributed by atoms with E-state index in [1.807, 2.05) is 6.92 Å². The quantitative estimate of drug-likeness (QED) is 0.258. The average Bonchev–Trinajstić information content (AvgIpc) is 2.87. The molecular weight excluding hydrogens is 398 g/mol. The largest absolute Gasteiger partial charge is 0.310 e. The second kappa shape index (κ2) is 10.5. The second-order valence-electron chi connectivity index (χ2n) is 7.99. The normalized spacial score (nSPS) is 10.2. The molecule has 33 heavy (non-hydrogen) atoms. The summed E-state index contributed by atoms with van der Waals surface area (Å²) in [6.45, 7) is 7.37. The Kier molecular flexibility index (Phi) is 7.02. The van der Waals surface area contributed by atoms with Gasteiger partial charge in [0.15, 0.2) is 0 Å². The van der Waals surface area contributed by atoms with Gasteiger partial charge in [-0.2, -0.15) is 0 Å². The molecule has 0 radical (unpaired) electrons. The number of allylic oxidation sites excluding steroid dienone is 1. The molecule has 1 nitrogen and oxygen atoms in total. The summed E-state index contributed by atoms with van der Waals surface area (Å²) in [5, 5.41) is 2.48. The minimum absolute atomic E-state index is 1.15. The zero-order valence-corrected chi connectivity index (χ0v) is 19.3. The third-order valence-electron chi connectivity index (χ3n) is 5.53. The zero-order valence-electron chi connectivity index (χ0n) is 19.3. The second-order valence-corrected chi connectivity index (χ2v) is 7.99. The lowest BCUT2D eigenvalue weighted by Crippen LogP contribution is -2.10. The Hall–Kier alpha value is -4.10. The number of nitrogens with zero attached hydrogens (tertiary/aromatic N) is 1. The highest BCUT2D eigenvalue weighted by atomic mass is 15.1. The van der Waals surface area contributed by atoms with Crippen molar-refractivity contribution in [1.29, 1.82) is 0 Å². The Labute approximate surface area is 197 Å². The van der Waals surface area contributed by atoms with Crippen LogP contribution >= 0.6 is 0 Å². The highest BCUT2D eigenvalue weighted by Crippen LogP contribution is 2.39. The molecule has 162 valence electrons. The first-order valence-corrected chi connectivity index (χ1v) is 11.3. The van der Waals surface area contributed by atoms with Crippen molar-refractivity contribution in [3.8, 4) is 11.1 Å². The third kappa shape index (κ3) is 5.05. The molecule has 0 aliphatic carbocycles. The molecule has 5 rings (SSSR count). The van der Waals surface area contributed by atoms with Crippen molar-refractivity contribution in [2.45, 2.75) is 13.8 Å². The van der Waals surface area contributed by atoms with E-state index in [0.29, 0.717) is 0 Å². The number of anilines is 3. The molecule has 0 unspecified atom stereocenters. The van der Waals surface area contributed by atoms with E-state index in [1.54, 1.807) is 6.08 Å². The molecule has 5 aromatic rings. The lowest BCUT2D eigenvalue weighted by molar-refractivity contribution is 1.30. The van der Waals surface area contributed by atoms with Crippen LogP contribution in [-0.4, -0.2) is 0 Å². The van der Waals surface area contributed by atoms with Crippen molar-refractivity contribution < 1.29 is 0 Å². The smallest absolute Gasteiger partial charge is 0.0540 e. The van der Waals surface area contributed by atoms with E-state index in [2.05, 4.69) is 140 Å². The molecule has 0 spiro atoms. The van der Waals surface area contributed by atoms with Crippen LogP contribution in [0.25, 0.3) is 21.9 Å². The van der Waals surface area contributed by atoms with Crippen LogP contribution in [0, 0.1) is 6.92 Å². The molecule has 5 aromatic carbocycles. The monoisotopic (exact) mass is 427 g/mol. The molecule has 0 aromatic heterocycles. The van der Waals surface area contributed by atoms with Gasteiger partial charge in [0.2, 0.25) is 0 Å². The van der Waals surface area contributed by atoms with Crippen molar-refractivity contribution >= 4 is 27.8 Å². The first-order chi connectivity index (χ1) is 16.2. The van der Waals surface area contributed by atoms with Gasteiger partial charge in [0.25, 0.3) is 0 Å². The fourth-order valence-electron chi connectivity index (χ4n) is 3.96. The van der Waals surface area contributed by atoms with E-state index in [-0.39, 0.29) is 0 Å². The maximum atomic E-state index is 3.36. The maximum absolute atomic E-state index is 3.36. The van der Waals surface area contributed by atoms with Crippen LogP contribution in [0.5, 0.6) is 0 Å². The van der Waals surface area contributed by atoms with E-state index in [4.69, 9.17) is 0 Å². The van der Waals surface area contributed by atoms with E-state index in [0.717, 1.165) is 11.4 Å². The van der Waals surface area contributed by atoms with Crippen LogP contribution in [0.3, 0.4) is 0 Å². The molecule has 0 aliphatic heterocycles. The van der Waals surface area contributed by atoms with Crippen molar-refractivity contribution in [1.82, 2.24) is 0 Å². The molecule has 0 saturated carbocycles. The van der Waals surface area contributed by atoms with Crippen LogP contribution in [0.4, 0.5) is 17.1 Å². The van der Waals surface area contributed by atoms with Crippen molar-refractivity contribution in [3.63, 3.8) is 0 Å². The van der Waals surface area contributed by atoms with Gasteiger partial charge in [-0.05, 0) is 60.7 Å². The fraction of sp³-hybridized carbons (Fsp3) is 0.0625. The summed E-state index contributed by atoms with van der Waals surface area (Å²) in [6.07, 6.45) is 1.75. The Morgan fingerprint density at radius 1 is 0.576 bits per heavy atom.